The minimum Gasteiger partial charge on any atom is -0.611 e. The standard InChI is InChI=1S/C24H26N2O7S/c27-20(28)16-1-3-17(4-2-16)21(29)33-18-5-7-19(8-6-18)34(32)24(22(30)26-31)10-9-23(15-24)11-13-25-14-12-23/h1-8,25,31H,9-15H2,(H,26,30)(H,27,28). The van der Waals surface area contributed by atoms with Crippen molar-refractivity contribution < 1.29 is 34.0 Å². The molecule has 2 aromatic carbocycles. The number of carbonyl (C=O) groups excluding carboxylic acids is 2. The van der Waals surface area contributed by atoms with Gasteiger partial charge in [0.1, 0.15) is 5.75 Å². The highest BCUT2D eigenvalue weighted by Gasteiger charge is 2.60. The number of ether oxygens (including phenoxy) is 1. The number of carboxylic acid groups (broad SMARTS) is 1. The first-order valence-corrected chi connectivity index (χ1v) is 12.2. The third-order valence-electron chi connectivity index (χ3n) is 6.87. The molecule has 10 heteroatoms. The van der Waals surface area contributed by atoms with Crippen LogP contribution in [0, 0.1) is 5.41 Å². The zero-order valence-corrected chi connectivity index (χ0v) is 19.2. The summed E-state index contributed by atoms with van der Waals surface area (Å²) in [5.74, 6) is -2.17. The number of nitrogens with one attached hydrogen (secondary N) is 2. The summed E-state index contributed by atoms with van der Waals surface area (Å²) in [5.41, 5.74) is 1.91. The SMILES string of the molecule is O=C(O)c1ccc(C(=O)Oc2ccc([S+]([O-])C3(C(=O)NO)CCC4(CCNCC4)C3)cc2)cc1. The summed E-state index contributed by atoms with van der Waals surface area (Å²) in [6, 6.07) is 11.4. The average Bonchev–Trinajstić information content (AvgIpc) is 3.23. The van der Waals surface area contributed by atoms with Crippen LogP contribution in [0.1, 0.15) is 52.8 Å². The number of carbonyl (C=O) groups is 3. The summed E-state index contributed by atoms with van der Waals surface area (Å²) in [5, 5.41) is 21.7. The van der Waals surface area contributed by atoms with E-state index in [2.05, 4.69) is 5.32 Å². The Kier molecular flexibility index (Phi) is 6.94. The van der Waals surface area contributed by atoms with Gasteiger partial charge in [0.05, 0.1) is 11.1 Å². The van der Waals surface area contributed by atoms with Gasteiger partial charge < -0.3 is 19.7 Å². The molecule has 4 N–H and O–H groups in total. The van der Waals surface area contributed by atoms with Crippen molar-refractivity contribution in [3.8, 4) is 5.75 Å². The second-order valence-corrected chi connectivity index (χ2v) is 10.7. The van der Waals surface area contributed by atoms with E-state index in [9.17, 15) is 24.1 Å². The van der Waals surface area contributed by atoms with Crippen LogP contribution in [0.15, 0.2) is 53.4 Å². The van der Waals surface area contributed by atoms with Crippen LogP contribution in [-0.2, 0) is 16.0 Å². The normalized spacial score (nSPS) is 22.2. The molecule has 1 heterocycles. The highest BCUT2D eigenvalue weighted by Crippen LogP contribution is 2.54. The van der Waals surface area contributed by atoms with Crippen LogP contribution in [-0.4, -0.2) is 50.5 Å². The van der Waals surface area contributed by atoms with Crippen LogP contribution in [0.4, 0.5) is 0 Å². The van der Waals surface area contributed by atoms with Gasteiger partial charge in [-0.1, -0.05) is 0 Å². The molecule has 1 saturated heterocycles. The van der Waals surface area contributed by atoms with Gasteiger partial charge in [-0.2, -0.15) is 0 Å². The van der Waals surface area contributed by atoms with E-state index in [-0.39, 0.29) is 22.3 Å². The maximum absolute atomic E-state index is 13.6. The number of rotatable bonds is 6. The lowest BCUT2D eigenvalue weighted by Crippen LogP contribution is -2.51. The van der Waals surface area contributed by atoms with E-state index < -0.39 is 33.8 Å². The minimum atomic E-state index is -1.73. The molecular formula is C24H26N2O7S. The molecule has 1 amide bonds. The van der Waals surface area contributed by atoms with E-state index in [1.54, 1.807) is 17.6 Å². The van der Waals surface area contributed by atoms with E-state index in [1.165, 1.54) is 36.4 Å². The molecule has 2 fully saturated rings. The largest absolute Gasteiger partial charge is 0.611 e. The molecule has 2 atom stereocenters. The second kappa shape index (κ2) is 9.75. The Bertz CT molecular complexity index is 1070. The number of benzene rings is 2. The highest BCUT2D eigenvalue weighted by atomic mass is 32.2. The fourth-order valence-corrected chi connectivity index (χ4v) is 6.72. The first kappa shape index (κ1) is 24.2. The lowest BCUT2D eigenvalue weighted by Gasteiger charge is -2.36. The average molecular weight is 487 g/mol. The molecule has 0 radical (unpaired) electrons. The second-order valence-electron chi connectivity index (χ2n) is 8.87. The van der Waals surface area contributed by atoms with Crippen LogP contribution in [0.5, 0.6) is 5.75 Å². The molecule has 0 aromatic heterocycles. The predicted molar refractivity (Wildman–Crippen MR) is 122 cm³/mol. The van der Waals surface area contributed by atoms with Gasteiger partial charge in [0.2, 0.25) is 4.75 Å². The first-order valence-electron chi connectivity index (χ1n) is 11.0. The monoisotopic (exact) mass is 486 g/mol. The van der Waals surface area contributed by atoms with Gasteiger partial charge >= 0.3 is 11.9 Å². The molecule has 2 unspecified atom stereocenters. The fourth-order valence-electron chi connectivity index (χ4n) is 4.94. The summed E-state index contributed by atoms with van der Waals surface area (Å²) < 4.78 is 17.7. The molecule has 9 nitrogen and oxygen atoms in total. The van der Waals surface area contributed by atoms with Gasteiger partial charge in [0.15, 0.2) is 4.90 Å². The van der Waals surface area contributed by atoms with E-state index in [0.29, 0.717) is 17.7 Å². The quantitative estimate of drug-likeness (QED) is 0.160. The Labute approximate surface area is 199 Å². The summed E-state index contributed by atoms with van der Waals surface area (Å²) >= 11 is -1.73. The van der Waals surface area contributed by atoms with Crippen LogP contribution in [0.2, 0.25) is 0 Å². The lowest BCUT2D eigenvalue weighted by molar-refractivity contribution is -0.132. The van der Waals surface area contributed by atoms with Gasteiger partial charge in [-0.15, -0.1) is 0 Å². The van der Waals surface area contributed by atoms with Gasteiger partial charge in [-0.05, 0) is 86.3 Å². The molecule has 1 spiro atoms. The smallest absolute Gasteiger partial charge is 0.343 e. The number of hydrogen-bond acceptors (Lipinski definition) is 7. The van der Waals surface area contributed by atoms with E-state index in [1.807, 2.05) is 0 Å². The number of carboxylic acids is 1. The summed E-state index contributed by atoms with van der Waals surface area (Å²) in [6.07, 6.45) is 3.41. The fraction of sp³-hybridized carbons (Fsp3) is 0.375. The van der Waals surface area contributed by atoms with Crippen LogP contribution >= 0.6 is 0 Å². The summed E-state index contributed by atoms with van der Waals surface area (Å²) in [4.78, 5) is 36.4. The van der Waals surface area contributed by atoms with Crippen molar-refractivity contribution in [1.29, 1.82) is 0 Å². The first-order chi connectivity index (χ1) is 16.3. The van der Waals surface area contributed by atoms with Crippen molar-refractivity contribution >= 4 is 29.0 Å². The van der Waals surface area contributed by atoms with Crippen molar-refractivity contribution in [1.82, 2.24) is 10.8 Å². The van der Waals surface area contributed by atoms with E-state index in [0.717, 1.165) is 32.4 Å². The van der Waals surface area contributed by atoms with Crippen molar-refractivity contribution in [2.75, 3.05) is 13.1 Å². The van der Waals surface area contributed by atoms with E-state index in [4.69, 9.17) is 9.84 Å². The number of piperidine rings is 1. The molecule has 34 heavy (non-hydrogen) atoms. The Balaban J connectivity index is 1.49. The van der Waals surface area contributed by atoms with Crippen LogP contribution < -0.4 is 15.5 Å². The summed E-state index contributed by atoms with van der Waals surface area (Å²) in [6.45, 7) is 1.70. The molecule has 1 saturated carbocycles. The Morgan fingerprint density at radius 1 is 0.941 bits per heavy atom. The molecule has 4 rings (SSSR count). The summed E-state index contributed by atoms with van der Waals surface area (Å²) in [7, 11) is 0. The zero-order valence-electron chi connectivity index (χ0n) is 18.4. The number of hydroxylamine groups is 1. The number of hydrogen-bond donors (Lipinski definition) is 4. The van der Waals surface area contributed by atoms with Crippen molar-refractivity contribution in [3.05, 3.63) is 59.7 Å². The van der Waals surface area contributed by atoms with Crippen LogP contribution in [0.3, 0.4) is 0 Å². The van der Waals surface area contributed by atoms with Crippen molar-refractivity contribution in [2.45, 2.75) is 41.7 Å². The lowest BCUT2D eigenvalue weighted by atomic mass is 9.77. The topological polar surface area (TPSA) is 148 Å². The number of esters is 1. The Hall–Kier alpha value is -2.92. The Morgan fingerprint density at radius 2 is 1.56 bits per heavy atom. The van der Waals surface area contributed by atoms with Crippen molar-refractivity contribution in [2.24, 2.45) is 5.41 Å². The maximum atomic E-state index is 13.6. The molecule has 2 aliphatic rings. The molecule has 2 aromatic rings. The third-order valence-corrected chi connectivity index (χ3v) is 8.81. The third kappa shape index (κ3) is 4.67. The van der Waals surface area contributed by atoms with Gasteiger partial charge in [-0.25, -0.2) is 15.1 Å². The maximum Gasteiger partial charge on any atom is 0.343 e. The van der Waals surface area contributed by atoms with Gasteiger partial charge in [-0.3, -0.25) is 10.0 Å². The highest BCUT2D eigenvalue weighted by molar-refractivity contribution is 7.93. The van der Waals surface area contributed by atoms with Crippen LogP contribution in [0.25, 0.3) is 0 Å². The molecule has 1 aliphatic heterocycles. The van der Waals surface area contributed by atoms with E-state index >= 15 is 0 Å². The molecule has 0 bridgehead atoms. The van der Waals surface area contributed by atoms with Gasteiger partial charge in [0.25, 0.3) is 5.91 Å². The molecular weight excluding hydrogens is 460 g/mol. The van der Waals surface area contributed by atoms with Crippen molar-refractivity contribution in [3.63, 3.8) is 0 Å². The number of amides is 1. The molecule has 1 aliphatic carbocycles. The minimum absolute atomic E-state index is 0.0578. The number of aromatic carboxylic acids is 1. The zero-order chi connectivity index (χ0) is 24.3. The van der Waals surface area contributed by atoms with Gasteiger partial charge in [0, 0.05) is 24.0 Å². The Morgan fingerprint density at radius 3 is 2.15 bits per heavy atom. The predicted octanol–water partition coefficient (Wildman–Crippen LogP) is 2.51. The molecule has 180 valence electrons.